The van der Waals surface area contributed by atoms with Crippen LogP contribution in [0.1, 0.15) is 91.7 Å². The van der Waals surface area contributed by atoms with Gasteiger partial charge < -0.3 is 23.7 Å². The topological polar surface area (TPSA) is 147 Å². The number of amides is 3. The van der Waals surface area contributed by atoms with Crippen LogP contribution in [-0.2, 0) is 46.5 Å². The number of ether oxygens (including phenoxy) is 5. The Balaban J connectivity index is 1.07. The van der Waals surface area contributed by atoms with Crippen molar-refractivity contribution in [2.45, 2.75) is 117 Å². The molecule has 5 fully saturated rings. The first-order valence-electron chi connectivity index (χ1n) is 18.2. The summed E-state index contributed by atoms with van der Waals surface area (Å²) >= 11 is -1.15. The summed E-state index contributed by atoms with van der Waals surface area (Å²) in [6.07, 6.45) is 3.47. The molecule has 3 amide bonds. The van der Waals surface area contributed by atoms with E-state index in [-0.39, 0.29) is 28.5 Å². The number of benzene rings is 2. The highest BCUT2D eigenvalue weighted by Crippen LogP contribution is 2.60. The maximum absolute atomic E-state index is 13.3. The highest BCUT2D eigenvalue weighted by atomic mass is 127. The van der Waals surface area contributed by atoms with Gasteiger partial charge in [-0.25, -0.2) is 19.2 Å². The molecule has 4 aliphatic carbocycles. The average Bonchev–Trinajstić information content (AvgIpc) is 3.05. The van der Waals surface area contributed by atoms with E-state index in [4.69, 9.17) is 23.7 Å². The second kappa shape index (κ2) is 15.0. The first-order valence-corrected chi connectivity index (χ1v) is 20.4. The molecular weight excluding hydrogens is 795 g/mol. The van der Waals surface area contributed by atoms with Crippen LogP contribution < -0.4 is 10.1 Å². The largest absolute Gasteiger partial charge is 0.489 e. The van der Waals surface area contributed by atoms with Crippen molar-refractivity contribution in [3.63, 3.8) is 0 Å². The highest BCUT2D eigenvalue weighted by Gasteiger charge is 2.64. The Labute approximate surface area is 320 Å². The van der Waals surface area contributed by atoms with Crippen molar-refractivity contribution in [3.05, 3.63) is 63.2 Å². The van der Waals surface area contributed by atoms with Gasteiger partial charge in [0.05, 0.1) is 0 Å². The summed E-state index contributed by atoms with van der Waals surface area (Å²) in [7, 11) is 0. The third-order valence-corrected chi connectivity index (χ3v) is 12.7. The molecule has 0 aromatic heterocycles. The Hall–Kier alpha value is -4.01. The number of nitrogens with one attached hydrogen (secondary N) is 1. The lowest BCUT2D eigenvalue weighted by Gasteiger charge is -2.59. The van der Waals surface area contributed by atoms with E-state index in [1.165, 1.54) is 18.2 Å². The molecule has 4 bridgehead atoms. The molecule has 5 aliphatic rings. The van der Waals surface area contributed by atoms with Crippen LogP contribution in [0.25, 0.3) is 0 Å². The first kappa shape index (κ1) is 38.7. The molecule has 0 radical (unpaired) electrons. The van der Waals surface area contributed by atoms with E-state index in [0.29, 0.717) is 23.1 Å². The third-order valence-electron chi connectivity index (χ3n) is 10.0. The number of imide groups is 1. The summed E-state index contributed by atoms with van der Waals surface area (Å²) in [4.78, 5) is 66.3. The molecule has 12 nitrogen and oxygen atoms in total. The van der Waals surface area contributed by atoms with E-state index in [2.05, 4.69) is 5.32 Å². The van der Waals surface area contributed by atoms with Gasteiger partial charge in [0.1, 0.15) is 29.6 Å². The molecule has 7 rings (SSSR count). The smallest absolute Gasteiger partial charge is 0.414 e. The lowest BCUT2D eigenvalue weighted by atomic mass is 9.53. The van der Waals surface area contributed by atoms with Gasteiger partial charge in [0.25, 0.3) is 11.7 Å². The lowest BCUT2D eigenvalue weighted by Crippen LogP contribution is -2.65. The Morgan fingerprint density at radius 2 is 1.43 bits per heavy atom. The Morgan fingerprint density at radius 3 is 2.00 bits per heavy atom. The van der Waals surface area contributed by atoms with Crippen molar-refractivity contribution in [1.29, 1.82) is 0 Å². The Kier molecular flexibility index (Phi) is 11.0. The maximum atomic E-state index is 13.3. The Morgan fingerprint density at radius 1 is 0.849 bits per heavy atom. The van der Waals surface area contributed by atoms with E-state index in [1.807, 2.05) is 24.3 Å². The fourth-order valence-corrected chi connectivity index (χ4v) is 10.1. The minimum absolute atomic E-state index is 0.0248. The number of rotatable bonds is 8. The molecule has 2 aromatic rings. The predicted molar refractivity (Wildman–Crippen MR) is 203 cm³/mol. The monoisotopic (exact) mass is 844 g/mol. The molecular formula is C40H49IN2O10. The molecule has 1 N–H and O–H groups in total. The summed E-state index contributed by atoms with van der Waals surface area (Å²) in [6.45, 7) is 12.0. The van der Waals surface area contributed by atoms with Gasteiger partial charge in [-0.15, -0.1) is 0 Å². The fourth-order valence-electron chi connectivity index (χ4n) is 7.91. The molecule has 0 unspecified atom stereocenters. The molecule has 53 heavy (non-hydrogen) atoms. The van der Waals surface area contributed by atoms with E-state index in [9.17, 15) is 24.0 Å². The molecule has 1 heterocycles. The minimum Gasteiger partial charge on any atom is -0.489 e. The third kappa shape index (κ3) is 9.21. The minimum atomic E-state index is -1.15. The second-order valence-electron chi connectivity index (χ2n) is 16.6. The molecule has 1 spiro atoms. The molecule has 13 heteroatoms. The van der Waals surface area contributed by atoms with Gasteiger partial charge in [-0.3, -0.25) is 15.0 Å². The second-order valence-corrected chi connectivity index (χ2v) is 19.4. The number of carbonyl (C=O) groups excluding carboxylic acids is 5. The van der Waals surface area contributed by atoms with Gasteiger partial charge in [0.2, 0.25) is 0 Å². The van der Waals surface area contributed by atoms with Gasteiger partial charge in [0, 0.05) is 22.0 Å². The van der Waals surface area contributed by atoms with Gasteiger partial charge in [-0.2, -0.15) is 0 Å². The van der Waals surface area contributed by atoms with Crippen LogP contribution in [0, 0.1) is 27.2 Å². The van der Waals surface area contributed by atoms with Gasteiger partial charge in [-0.05, 0) is 128 Å². The zero-order valence-corrected chi connectivity index (χ0v) is 33.5. The molecule has 1 saturated heterocycles. The summed E-state index contributed by atoms with van der Waals surface area (Å²) < 4.78 is 30.0. The molecule has 286 valence electrons. The van der Waals surface area contributed by atoms with Crippen LogP contribution in [-0.4, -0.2) is 61.5 Å². The average molecular weight is 845 g/mol. The summed E-state index contributed by atoms with van der Waals surface area (Å²) in [5.41, 5.74) is -0.0512. The fraction of sp³-hybridized carbons (Fsp3) is 0.550. The number of alkyl carbamates (subject to hydrolysis) is 1. The molecule has 1 atom stereocenters. The van der Waals surface area contributed by atoms with Gasteiger partial charge in [0.15, 0.2) is 3.51 Å². The standard InChI is InChI=1S/C40H49IN2O10/c1-23(33(44)42-36(47)52-38(2,3)4)43(37(48)53-39(5,6)7)21-24-11-13-31(14-12-24)49-22-25-9-8-10-30(20-25)41-32-34(45)50-40(51-35(32)46)28-16-26-15-27(18-28)19-29(40)17-26/h8-14,20,23,26-29H,15-19,21-22H2,1-7H3,(H,42,44,47)/t23-,26?,27?,28?,29?/m0/s1. The summed E-state index contributed by atoms with van der Waals surface area (Å²) in [6, 6.07) is 13.6. The quantitative estimate of drug-likeness (QED) is 0.167. The van der Waals surface area contributed by atoms with Crippen LogP contribution in [0.5, 0.6) is 5.75 Å². The van der Waals surface area contributed by atoms with Crippen molar-refractivity contribution in [2.75, 3.05) is 0 Å². The summed E-state index contributed by atoms with van der Waals surface area (Å²) in [5.74, 6) is -0.756. The number of esters is 2. The van der Waals surface area contributed by atoms with Crippen molar-refractivity contribution >= 4 is 54.3 Å². The van der Waals surface area contributed by atoms with Crippen LogP contribution in [0.2, 0.25) is 0 Å². The Bertz CT molecular complexity index is 1740. The molecule has 4 saturated carbocycles. The van der Waals surface area contributed by atoms with E-state index in [1.54, 1.807) is 65.8 Å². The normalized spacial score (nSPS) is 25.3. The number of hydrogen-bond donors (Lipinski definition) is 1. The van der Waals surface area contributed by atoms with Crippen LogP contribution in [0.15, 0.2) is 48.5 Å². The lowest BCUT2D eigenvalue weighted by molar-refractivity contribution is -0.308. The maximum Gasteiger partial charge on any atom is 0.414 e. The van der Waals surface area contributed by atoms with Crippen LogP contribution >= 0.6 is 20.7 Å². The van der Waals surface area contributed by atoms with Crippen LogP contribution in [0.3, 0.4) is 0 Å². The number of nitrogens with zero attached hydrogens (tertiary/aromatic N) is 1. The number of hydrogen-bond acceptors (Lipinski definition) is 10. The SMILES string of the molecule is C[C@@H](C(=O)NC(=O)OC(C)(C)C)N(Cc1ccc(OCc2cccc(I=C3C(=O)OC4(OC3=O)C3CC5CC(C3)CC4C5)c2)cc1)C(=O)OC(C)(C)C. The van der Waals surface area contributed by atoms with Crippen molar-refractivity contribution in [1.82, 2.24) is 10.2 Å². The van der Waals surface area contributed by atoms with Crippen LogP contribution in [0.4, 0.5) is 9.59 Å². The molecule has 1 aliphatic heterocycles. The predicted octanol–water partition coefficient (Wildman–Crippen LogP) is 7.01. The summed E-state index contributed by atoms with van der Waals surface area (Å²) in [5, 5.41) is 2.20. The first-order chi connectivity index (χ1) is 24.9. The van der Waals surface area contributed by atoms with Crippen molar-refractivity contribution < 1.29 is 47.7 Å². The zero-order chi connectivity index (χ0) is 38.3. The van der Waals surface area contributed by atoms with E-state index < -0.39 is 73.8 Å². The highest BCUT2D eigenvalue weighted by molar-refractivity contribution is 14.2. The van der Waals surface area contributed by atoms with Gasteiger partial charge in [-0.1, -0.05) is 45.0 Å². The van der Waals surface area contributed by atoms with Crippen molar-refractivity contribution in [2.24, 2.45) is 23.7 Å². The number of carbonyl (C=O) groups is 5. The zero-order valence-electron chi connectivity index (χ0n) is 31.4. The van der Waals surface area contributed by atoms with Gasteiger partial charge >= 0.3 is 24.1 Å². The van der Waals surface area contributed by atoms with E-state index >= 15 is 0 Å². The van der Waals surface area contributed by atoms with E-state index in [0.717, 1.165) is 34.8 Å². The number of halogens is 1. The van der Waals surface area contributed by atoms with Crippen molar-refractivity contribution in [3.8, 4) is 5.75 Å². The molecule has 2 aromatic carbocycles.